The first-order chi connectivity index (χ1) is 9.99. The van der Waals surface area contributed by atoms with Gasteiger partial charge in [0.2, 0.25) is 5.91 Å². The van der Waals surface area contributed by atoms with Gasteiger partial charge in [-0.15, -0.1) is 0 Å². The lowest BCUT2D eigenvalue weighted by Crippen LogP contribution is -2.15. The molecule has 1 aromatic carbocycles. The number of amides is 1. The molecule has 0 aliphatic heterocycles. The number of benzene rings is 1. The van der Waals surface area contributed by atoms with Crippen LogP contribution in [0.3, 0.4) is 0 Å². The number of aromatic nitrogens is 2. The minimum atomic E-state index is -0.0665. The molecule has 2 aromatic rings. The summed E-state index contributed by atoms with van der Waals surface area (Å²) in [4.78, 5) is 12.0. The normalized spacial score (nSPS) is 10.5. The Hall–Kier alpha value is -1.82. The van der Waals surface area contributed by atoms with Crippen LogP contribution in [0.1, 0.15) is 17.7 Å². The van der Waals surface area contributed by atoms with E-state index in [1.807, 2.05) is 38.2 Å². The van der Waals surface area contributed by atoms with Gasteiger partial charge in [0.25, 0.3) is 0 Å². The molecule has 1 heterocycles. The number of ether oxygens (including phenoxy) is 1. The fourth-order valence-corrected chi connectivity index (χ4v) is 2.27. The Kier molecular flexibility index (Phi) is 5.01. The van der Waals surface area contributed by atoms with E-state index in [2.05, 4.69) is 26.3 Å². The van der Waals surface area contributed by atoms with Crippen LogP contribution in [0.2, 0.25) is 0 Å². The fraction of sp³-hybridized carbons (Fsp3) is 0.333. The van der Waals surface area contributed by atoms with E-state index in [0.717, 1.165) is 15.7 Å². The average Bonchev–Trinajstić information content (AvgIpc) is 2.76. The minimum absolute atomic E-state index is 0.0665. The smallest absolute Gasteiger partial charge is 0.226 e. The van der Waals surface area contributed by atoms with Crippen LogP contribution in [0.25, 0.3) is 0 Å². The zero-order valence-corrected chi connectivity index (χ0v) is 13.9. The molecule has 0 radical (unpaired) electrons. The molecule has 0 spiro atoms. The molecular weight excluding hydrogens is 334 g/mol. The predicted octanol–water partition coefficient (Wildman–Crippen LogP) is 3.30. The second-order valence-electron chi connectivity index (χ2n) is 4.83. The third-order valence-electron chi connectivity index (χ3n) is 3.08. The van der Waals surface area contributed by atoms with Gasteiger partial charge in [0.05, 0.1) is 23.0 Å². The summed E-state index contributed by atoms with van der Waals surface area (Å²) in [5.74, 6) is 0.592. The lowest BCUT2D eigenvalue weighted by molar-refractivity contribution is -0.116. The molecule has 6 heteroatoms. The summed E-state index contributed by atoms with van der Waals surface area (Å²) in [7, 11) is 1.59. The van der Waals surface area contributed by atoms with Crippen molar-refractivity contribution in [3.63, 3.8) is 0 Å². The van der Waals surface area contributed by atoms with Crippen molar-refractivity contribution in [2.45, 2.75) is 26.8 Å². The van der Waals surface area contributed by atoms with E-state index >= 15 is 0 Å². The first kappa shape index (κ1) is 15.6. The van der Waals surface area contributed by atoms with E-state index in [4.69, 9.17) is 4.74 Å². The standard InChI is InChI=1S/C15H18BrN3O2/c1-10-4-5-14(21-3)13(8-10)17-15(20)6-7-19-9-12(16)11(2)18-19/h4-5,8-9H,6-7H2,1-3H3,(H,17,20). The number of aryl methyl sites for hydroxylation is 3. The van der Waals surface area contributed by atoms with Crippen LogP contribution in [0, 0.1) is 13.8 Å². The van der Waals surface area contributed by atoms with Crippen LogP contribution < -0.4 is 10.1 Å². The molecule has 0 saturated carbocycles. The molecule has 112 valence electrons. The molecule has 0 aliphatic carbocycles. The van der Waals surface area contributed by atoms with Gasteiger partial charge < -0.3 is 10.1 Å². The number of nitrogens with zero attached hydrogens (tertiary/aromatic N) is 2. The SMILES string of the molecule is COc1ccc(C)cc1NC(=O)CCn1cc(Br)c(C)n1. The maximum Gasteiger partial charge on any atom is 0.226 e. The average molecular weight is 352 g/mol. The summed E-state index contributed by atoms with van der Waals surface area (Å²) in [6, 6.07) is 5.68. The summed E-state index contributed by atoms with van der Waals surface area (Å²) in [5, 5.41) is 7.18. The molecule has 2 rings (SSSR count). The van der Waals surface area contributed by atoms with E-state index in [1.165, 1.54) is 0 Å². The number of carbonyl (C=O) groups is 1. The highest BCUT2D eigenvalue weighted by Gasteiger charge is 2.09. The molecule has 1 aromatic heterocycles. The molecule has 1 N–H and O–H groups in total. The summed E-state index contributed by atoms with van der Waals surface area (Å²) in [6.45, 7) is 4.42. The minimum Gasteiger partial charge on any atom is -0.495 e. The third kappa shape index (κ3) is 4.07. The molecular formula is C15H18BrN3O2. The Bertz CT molecular complexity index is 633. The van der Waals surface area contributed by atoms with Crippen LogP contribution in [0.4, 0.5) is 5.69 Å². The van der Waals surface area contributed by atoms with Crippen molar-refractivity contribution in [2.24, 2.45) is 0 Å². The summed E-state index contributed by atoms with van der Waals surface area (Å²) in [5.41, 5.74) is 2.67. The van der Waals surface area contributed by atoms with Gasteiger partial charge in [0.15, 0.2) is 0 Å². The van der Waals surface area contributed by atoms with Crippen molar-refractivity contribution in [1.82, 2.24) is 9.78 Å². The molecule has 5 nitrogen and oxygen atoms in total. The Morgan fingerprint density at radius 1 is 1.43 bits per heavy atom. The van der Waals surface area contributed by atoms with Gasteiger partial charge in [-0.2, -0.15) is 5.10 Å². The number of anilines is 1. The Morgan fingerprint density at radius 2 is 2.19 bits per heavy atom. The first-order valence-corrected chi connectivity index (χ1v) is 7.43. The lowest BCUT2D eigenvalue weighted by Gasteiger charge is -2.11. The number of hydrogen-bond donors (Lipinski definition) is 1. The molecule has 0 unspecified atom stereocenters. The Labute approximate surface area is 132 Å². The van der Waals surface area contributed by atoms with Gasteiger partial charge in [0, 0.05) is 19.2 Å². The van der Waals surface area contributed by atoms with Crippen LogP contribution in [0.15, 0.2) is 28.9 Å². The molecule has 21 heavy (non-hydrogen) atoms. The predicted molar refractivity (Wildman–Crippen MR) is 85.6 cm³/mol. The zero-order chi connectivity index (χ0) is 15.4. The number of rotatable bonds is 5. The number of methoxy groups -OCH3 is 1. The van der Waals surface area contributed by atoms with Crippen molar-refractivity contribution >= 4 is 27.5 Å². The molecule has 0 aliphatic rings. The van der Waals surface area contributed by atoms with Gasteiger partial charge in [-0.3, -0.25) is 9.48 Å². The Balaban J connectivity index is 1.97. The molecule has 0 fully saturated rings. The van der Waals surface area contributed by atoms with Crippen molar-refractivity contribution in [3.05, 3.63) is 40.1 Å². The van der Waals surface area contributed by atoms with Crippen LogP contribution >= 0.6 is 15.9 Å². The fourth-order valence-electron chi connectivity index (χ4n) is 1.96. The highest BCUT2D eigenvalue weighted by atomic mass is 79.9. The number of halogens is 1. The summed E-state index contributed by atoms with van der Waals surface area (Å²) >= 11 is 3.40. The van der Waals surface area contributed by atoms with Crippen LogP contribution in [-0.2, 0) is 11.3 Å². The van der Waals surface area contributed by atoms with E-state index in [1.54, 1.807) is 11.8 Å². The number of hydrogen-bond acceptors (Lipinski definition) is 3. The summed E-state index contributed by atoms with van der Waals surface area (Å²) in [6.07, 6.45) is 2.22. The molecule has 0 bridgehead atoms. The zero-order valence-electron chi connectivity index (χ0n) is 12.3. The van der Waals surface area contributed by atoms with Gasteiger partial charge in [0.1, 0.15) is 5.75 Å². The molecule has 0 atom stereocenters. The van der Waals surface area contributed by atoms with Gasteiger partial charge in [-0.05, 0) is 47.5 Å². The largest absolute Gasteiger partial charge is 0.495 e. The number of nitrogens with one attached hydrogen (secondary N) is 1. The topological polar surface area (TPSA) is 56.1 Å². The van der Waals surface area contributed by atoms with Gasteiger partial charge >= 0.3 is 0 Å². The quantitative estimate of drug-likeness (QED) is 0.898. The van der Waals surface area contributed by atoms with Crippen molar-refractivity contribution < 1.29 is 9.53 Å². The molecule has 0 saturated heterocycles. The lowest BCUT2D eigenvalue weighted by atomic mass is 10.2. The monoisotopic (exact) mass is 351 g/mol. The van der Waals surface area contributed by atoms with E-state index in [0.29, 0.717) is 24.4 Å². The highest BCUT2D eigenvalue weighted by molar-refractivity contribution is 9.10. The van der Waals surface area contributed by atoms with Gasteiger partial charge in [-0.1, -0.05) is 6.07 Å². The van der Waals surface area contributed by atoms with E-state index in [9.17, 15) is 4.79 Å². The highest BCUT2D eigenvalue weighted by Crippen LogP contribution is 2.25. The number of carbonyl (C=O) groups excluding carboxylic acids is 1. The maximum atomic E-state index is 12.0. The third-order valence-corrected chi connectivity index (χ3v) is 3.86. The Morgan fingerprint density at radius 3 is 2.81 bits per heavy atom. The van der Waals surface area contributed by atoms with Crippen molar-refractivity contribution in [2.75, 3.05) is 12.4 Å². The van der Waals surface area contributed by atoms with Crippen molar-refractivity contribution in [1.29, 1.82) is 0 Å². The second-order valence-corrected chi connectivity index (χ2v) is 5.68. The first-order valence-electron chi connectivity index (χ1n) is 6.63. The molecule has 1 amide bonds. The maximum absolute atomic E-state index is 12.0. The second kappa shape index (κ2) is 6.76. The summed E-state index contributed by atoms with van der Waals surface area (Å²) < 4.78 is 7.95. The van der Waals surface area contributed by atoms with E-state index < -0.39 is 0 Å². The van der Waals surface area contributed by atoms with Crippen LogP contribution in [-0.4, -0.2) is 22.8 Å². The van der Waals surface area contributed by atoms with Crippen LogP contribution in [0.5, 0.6) is 5.75 Å². The van der Waals surface area contributed by atoms with E-state index in [-0.39, 0.29) is 5.91 Å². The van der Waals surface area contributed by atoms with Crippen molar-refractivity contribution in [3.8, 4) is 5.75 Å². The van der Waals surface area contributed by atoms with Gasteiger partial charge in [-0.25, -0.2) is 0 Å².